The van der Waals surface area contributed by atoms with E-state index in [1.165, 1.54) is 57.8 Å². The third-order valence-corrected chi connectivity index (χ3v) is 3.37. The van der Waals surface area contributed by atoms with E-state index in [0.717, 1.165) is 12.3 Å². The van der Waals surface area contributed by atoms with E-state index < -0.39 is 10.4 Å². The minimum absolute atomic E-state index is 0.104. The molecule has 0 heterocycles. The number of aliphatic hydroxyl groups is 1. The topological polar surface area (TPSA) is 94.8 Å². The van der Waals surface area contributed by atoms with Gasteiger partial charge in [0.05, 0.1) is 6.10 Å². The molecular formula is C15H34O5S. The fraction of sp³-hybridized carbons (Fsp3) is 1.00. The Morgan fingerprint density at radius 1 is 0.810 bits per heavy atom. The predicted molar refractivity (Wildman–Crippen MR) is 86.9 cm³/mol. The molecule has 3 N–H and O–H groups in total. The van der Waals surface area contributed by atoms with Crippen LogP contribution in [0.1, 0.15) is 85.0 Å². The molecule has 21 heavy (non-hydrogen) atoms. The quantitative estimate of drug-likeness (QED) is 0.389. The minimum atomic E-state index is -4.67. The standard InChI is InChI=1S/C15H32O.H2O4S/c1-4-5-8-11-14(2)12-9-6-7-10-13-15(3)16;1-5(2,3)4/h14-16H,4-13H2,1-3H3;(H2,1,2,3,4). The largest absolute Gasteiger partial charge is 0.394 e. The van der Waals surface area contributed by atoms with Crippen LogP contribution in [0.15, 0.2) is 0 Å². The van der Waals surface area contributed by atoms with E-state index >= 15 is 0 Å². The molecule has 0 bridgehead atoms. The van der Waals surface area contributed by atoms with Gasteiger partial charge < -0.3 is 5.11 Å². The third-order valence-electron chi connectivity index (χ3n) is 3.37. The Labute approximate surface area is 130 Å². The zero-order valence-corrected chi connectivity index (χ0v) is 14.6. The average molecular weight is 326 g/mol. The van der Waals surface area contributed by atoms with Gasteiger partial charge in [-0.3, -0.25) is 9.11 Å². The van der Waals surface area contributed by atoms with Crippen molar-refractivity contribution >= 4 is 10.4 Å². The molecule has 5 nitrogen and oxygen atoms in total. The van der Waals surface area contributed by atoms with E-state index in [-0.39, 0.29) is 6.10 Å². The van der Waals surface area contributed by atoms with Crippen LogP contribution in [0.2, 0.25) is 0 Å². The van der Waals surface area contributed by atoms with Gasteiger partial charge in [0, 0.05) is 0 Å². The first kappa shape index (κ1) is 23.1. The second-order valence-corrected chi connectivity index (χ2v) is 6.79. The van der Waals surface area contributed by atoms with Crippen LogP contribution < -0.4 is 0 Å². The van der Waals surface area contributed by atoms with Crippen molar-refractivity contribution in [3.05, 3.63) is 0 Å². The second kappa shape index (κ2) is 14.8. The molecule has 0 aromatic carbocycles. The SMILES string of the molecule is CCCCCC(C)CCCCCCC(C)O.O=S(=O)(O)O. The molecule has 0 saturated carbocycles. The lowest BCUT2D eigenvalue weighted by atomic mass is 9.96. The van der Waals surface area contributed by atoms with Crippen molar-refractivity contribution in [2.45, 2.75) is 91.1 Å². The summed E-state index contributed by atoms with van der Waals surface area (Å²) in [5.74, 6) is 0.920. The number of rotatable bonds is 11. The van der Waals surface area contributed by atoms with E-state index in [0.29, 0.717) is 0 Å². The van der Waals surface area contributed by atoms with Crippen molar-refractivity contribution in [1.82, 2.24) is 0 Å². The first-order valence-corrected chi connectivity index (χ1v) is 9.44. The second-order valence-electron chi connectivity index (χ2n) is 5.89. The number of hydrogen-bond acceptors (Lipinski definition) is 3. The molecule has 0 aliphatic rings. The predicted octanol–water partition coefficient (Wildman–Crippen LogP) is 4.27. The van der Waals surface area contributed by atoms with Gasteiger partial charge in [-0.25, -0.2) is 0 Å². The molecule has 0 rings (SSSR count). The molecule has 0 aliphatic heterocycles. The van der Waals surface area contributed by atoms with Crippen LogP contribution >= 0.6 is 0 Å². The van der Waals surface area contributed by atoms with Gasteiger partial charge in [0.1, 0.15) is 0 Å². The van der Waals surface area contributed by atoms with Crippen LogP contribution in [0.4, 0.5) is 0 Å². The summed E-state index contributed by atoms with van der Waals surface area (Å²) in [7, 11) is -4.67. The van der Waals surface area contributed by atoms with Crippen molar-refractivity contribution in [3.8, 4) is 0 Å². The van der Waals surface area contributed by atoms with Gasteiger partial charge in [0.25, 0.3) is 0 Å². The zero-order chi connectivity index (χ0) is 16.7. The molecule has 6 heteroatoms. The highest BCUT2D eigenvalue weighted by Gasteiger charge is 2.01. The van der Waals surface area contributed by atoms with Gasteiger partial charge in [-0.2, -0.15) is 8.42 Å². The average Bonchev–Trinajstić information content (AvgIpc) is 2.31. The molecular weight excluding hydrogens is 292 g/mol. The molecule has 0 aromatic rings. The number of hydrogen-bond donors (Lipinski definition) is 3. The van der Waals surface area contributed by atoms with Crippen LogP contribution in [0.25, 0.3) is 0 Å². The first-order chi connectivity index (χ1) is 9.66. The van der Waals surface area contributed by atoms with Crippen LogP contribution in [0.5, 0.6) is 0 Å². The summed E-state index contributed by atoms with van der Waals surface area (Å²) in [6, 6.07) is 0. The van der Waals surface area contributed by atoms with Gasteiger partial charge in [0.15, 0.2) is 0 Å². The first-order valence-electron chi connectivity index (χ1n) is 8.04. The summed E-state index contributed by atoms with van der Waals surface area (Å²) in [4.78, 5) is 0. The minimum Gasteiger partial charge on any atom is -0.393 e. The maximum Gasteiger partial charge on any atom is 0.394 e. The molecule has 130 valence electrons. The Kier molecular flexibility index (Phi) is 16.2. The molecule has 0 spiro atoms. The lowest BCUT2D eigenvalue weighted by Gasteiger charge is -2.10. The van der Waals surface area contributed by atoms with E-state index in [4.69, 9.17) is 22.6 Å². The molecule has 0 fully saturated rings. The number of unbranched alkanes of at least 4 members (excludes halogenated alkanes) is 5. The van der Waals surface area contributed by atoms with Crippen molar-refractivity contribution in [2.75, 3.05) is 0 Å². The summed E-state index contributed by atoms with van der Waals surface area (Å²) in [6.45, 7) is 6.55. The van der Waals surface area contributed by atoms with E-state index in [1.54, 1.807) is 0 Å². The highest BCUT2D eigenvalue weighted by Crippen LogP contribution is 2.17. The maximum atomic E-state index is 9.12. The smallest absolute Gasteiger partial charge is 0.393 e. The Hall–Kier alpha value is -0.170. The number of aliphatic hydroxyl groups excluding tert-OH is 1. The Morgan fingerprint density at radius 2 is 1.19 bits per heavy atom. The molecule has 0 saturated heterocycles. The Bertz CT molecular complexity index is 293. The van der Waals surface area contributed by atoms with E-state index in [9.17, 15) is 0 Å². The highest BCUT2D eigenvalue weighted by molar-refractivity contribution is 7.79. The Balaban J connectivity index is 0. The van der Waals surface area contributed by atoms with E-state index in [1.807, 2.05) is 6.92 Å². The molecule has 0 aliphatic carbocycles. The fourth-order valence-corrected chi connectivity index (χ4v) is 2.17. The van der Waals surface area contributed by atoms with Gasteiger partial charge in [-0.15, -0.1) is 0 Å². The van der Waals surface area contributed by atoms with Gasteiger partial charge in [-0.1, -0.05) is 71.6 Å². The third kappa shape index (κ3) is 33.0. The van der Waals surface area contributed by atoms with Gasteiger partial charge in [-0.05, 0) is 19.3 Å². The molecule has 0 aromatic heterocycles. The molecule has 0 radical (unpaired) electrons. The summed E-state index contributed by atoms with van der Waals surface area (Å²) in [5, 5.41) is 9.12. The van der Waals surface area contributed by atoms with Crippen molar-refractivity contribution in [3.63, 3.8) is 0 Å². The molecule has 2 atom stereocenters. The maximum absolute atomic E-state index is 9.12. The summed E-state index contributed by atoms with van der Waals surface area (Å²) >= 11 is 0. The summed E-state index contributed by atoms with van der Waals surface area (Å²) in [5.41, 5.74) is 0. The van der Waals surface area contributed by atoms with Crippen molar-refractivity contribution in [2.24, 2.45) is 5.92 Å². The van der Waals surface area contributed by atoms with Crippen LogP contribution in [0.3, 0.4) is 0 Å². The molecule has 0 amide bonds. The zero-order valence-electron chi connectivity index (χ0n) is 13.8. The lowest BCUT2D eigenvalue weighted by molar-refractivity contribution is 0.180. The summed E-state index contributed by atoms with van der Waals surface area (Å²) < 4.78 is 31.6. The van der Waals surface area contributed by atoms with Gasteiger partial charge in [0.2, 0.25) is 0 Å². The summed E-state index contributed by atoms with van der Waals surface area (Å²) in [6.07, 6.45) is 13.1. The molecule has 2 unspecified atom stereocenters. The van der Waals surface area contributed by atoms with Crippen LogP contribution in [-0.2, 0) is 10.4 Å². The van der Waals surface area contributed by atoms with Crippen molar-refractivity contribution in [1.29, 1.82) is 0 Å². The van der Waals surface area contributed by atoms with Crippen molar-refractivity contribution < 1.29 is 22.6 Å². The highest BCUT2D eigenvalue weighted by atomic mass is 32.3. The van der Waals surface area contributed by atoms with E-state index in [2.05, 4.69) is 13.8 Å². The van der Waals surface area contributed by atoms with Crippen LogP contribution in [-0.4, -0.2) is 28.7 Å². The Morgan fingerprint density at radius 3 is 1.57 bits per heavy atom. The lowest BCUT2D eigenvalue weighted by Crippen LogP contribution is -1.98. The monoisotopic (exact) mass is 326 g/mol. The normalized spacial score (nSPS) is 14.2. The fourth-order valence-electron chi connectivity index (χ4n) is 2.17. The van der Waals surface area contributed by atoms with Gasteiger partial charge >= 0.3 is 10.4 Å². The van der Waals surface area contributed by atoms with Crippen LogP contribution in [0, 0.1) is 5.92 Å².